The molecule has 0 saturated heterocycles. The van der Waals surface area contributed by atoms with Crippen LogP contribution in [0.2, 0.25) is 5.04 Å². The minimum absolute atomic E-state index is 0.0105. The number of benzene rings is 4. The van der Waals surface area contributed by atoms with Crippen molar-refractivity contribution in [2.24, 2.45) is 17.8 Å². The van der Waals surface area contributed by atoms with E-state index in [1.54, 1.807) is 0 Å². The van der Waals surface area contributed by atoms with Gasteiger partial charge in [0.1, 0.15) is 11.8 Å². The quantitative estimate of drug-likeness (QED) is 0.125. The van der Waals surface area contributed by atoms with Gasteiger partial charge in [0.05, 0.1) is 32.8 Å². The number of anilines is 1. The van der Waals surface area contributed by atoms with E-state index in [4.69, 9.17) is 24.6 Å². The molecule has 0 spiro atoms. The van der Waals surface area contributed by atoms with E-state index in [0.29, 0.717) is 44.4 Å². The molecule has 0 bridgehead atoms. The van der Waals surface area contributed by atoms with Crippen molar-refractivity contribution in [3.8, 4) is 0 Å². The molecule has 1 aliphatic rings. The number of nitrogens with zero attached hydrogens (tertiary/aromatic N) is 4. The van der Waals surface area contributed by atoms with Gasteiger partial charge < -0.3 is 24.2 Å². The Kier molecular flexibility index (Phi) is 10.4. The summed E-state index contributed by atoms with van der Waals surface area (Å²) in [5.41, 5.74) is 9.92. The second-order valence-electron chi connectivity index (χ2n) is 14.5. The standard InChI is InChI=1S/C42H47N5O3Si/c1-42(2,3)51(33-20-12-6-13-21-33,34-22-14-7-15-23-34)50-28-37-35(26-48-24-31-16-8-4-9-17-31)36(27-49-25-32-18-10-5-11-19-32)39(37)47-30-46-38-40(43)44-29-45-41(38)47/h4-23,29-30,35-37,39H,24-28H2,1-3H3,(H2,43,44,45)/t35-,36-,37+,39+/m1/s1. The Bertz CT molecular complexity index is 1950. The molecule has 2 N–H and O–H groups in total. The van der Waals surface area contributed by atoms with E-state index >= 15 is 0 Å². The van der Waals surface area contributed by atoms with Crippen molar-refractivity contribution in [1.82, 2.24) is 19.5 Å². The number of ether oxygens (including phenoxy) is 2. The first-order valence-electron chi connectivity index (χ1n) is 17.8. The lowest BCUT2D eigenvalue weighted by Gasteiger charge is -2.54. The third-order valence-electron chi connectivity index (χ3n) is 10.4. The summed E-state index contributed by atoms with van der Waals surface area (Å²) in [6.07, 6.45) is 3.38. The number of nitrogens with two attached hydrogens (primary N) is 1. The maximum atomic E-state index is 7.60. The maximum absolute atomic E-state index is 7.60. The molecule has 0 aliphatic heterocycles. The molecule has 6 aromatic rings. The summed E-state index contributed by atoms with van der Waals surface area (Å²) in [7, 11) is -2.82. The summed E-state index contributed by atoms with van der Waals surface area (Å²) >= 11 is 0. The molecule has 0 unspecified atom stereocenters. The molecule has 4 aromatic carbocycles. The van der Waals surface area contributed by atoms with Crippen LogP contribution < -0.4 is 16.1 Å². The average molecular weight is 698 g/mol. The monoisotopic (exact) mass is 697 g/mol. The number of rotatable bonds is 14. The third-order valence-corrected chi connectivity index (χ3v) is 15.4. The molecule has 1 fully saturated rings. The van der Waals surface area contributed by atoms with Crippen LogP contribution in [-0.4, -0.2) is 47.7 Å². The topological polar surface area (TPSA) is 97.3 Å². The Labute approximate surface area is 301 Å². The number of fused-ring (bicyclic) bond motifs is 1. The van der Waals surface area contributed by atoms with Gasteiger partial charge in [-0.25, -0.2) is 15.0 Å². The molecule has 0 amide bonds. The fourth-order valence-corrected chi connectivity index (χ4v) is 12.5. The number of imidazole rings is 1. The van der Waals surface area contributed by atoms with Crippen molar-refractivity contribution >= 4 is 35.7 Å². The second kappa shape index (κ2) is 15.3. The van der Waals surface area contributed by atoms with Crippen molar-refractivity contribution in [3.63, 3.8) is 0 Å². The molecule has 7 rings (SSSR count). The van der Waals surface area contributed by atoms with Gasteiger partial charge in [0.15, 0.2) is 11.5 Å². The minimum atomic E-state index is -2.82. The van der Waals surface area contributed by atoms with Crippen molar-refractivity contribution in [2.45, 2.75) is 45.1 Å². The minimum Gasteiger partial charge on any atom is -0.407 e. The van der Waals surface area contributed by atoms with Crippen LogP contribution in [0.3, 0.4) is 0 Å². The summed E-state index contributed by atoms with van der Waals surface area (Å²) in [6.45, 7) is 9.69. The van der Waals surface area contributed by atoms with Gasteiger partial charge in [-0.3, -0.25) is 0 Å². The van der Waals surface area contributed by atoms with E-state index in [1.807, 2.05) is 30.6 Å². The molecular formula is C42H47N5O3Si. The highest BCUT2D eigenvalue weighted by molar-refractivity contribution is 6.99. The lowest BCUT2D eigenvalue weighted by Crippen LogP contribution is -2.67. The molecule has 9 heteroatoms. The van der Waals surface area contributed by atoms with E-state index in [0.717, 1.165) is 16.8 Å². The summed E-state index contributed by atoms with van der Waals surface area (Å²) < 4.78 is 22.8. The van der Waals surface area contributed by atoms with E-state index < -0.39 is 8.32 Å². The molecule has 2 aromatic heterocycles. The van der Waals surface area contributed by atoms with Gasteiger partial charge >= 0.3 is 0 Å². The van der Waals surface area contributed by atoms with Gasteiger partial charge in [-0.05, 0) is 32.5 Å². The fourth-order valence-electron chi connectivity index (χ4n) is 7.95. The van der Waals surface area contributed by atoms with Crippen LogP contribution >= 0.6 is 0 Å². The van der Waals surface area contributed by atoms with Crippen molar-refractivity contribution < 1.29 is 13.9 Å². The van der Waals surface area contributed by atoms with Gasteiger partial charge in [-0.2, -0.15) is 0 Å². The largest absolute Gasteiger partial charge is 0.407 e. The lowest BCUT2D eigenvalue weighted by atomic mass is 9.61. The lowest BCUT2D eigenvalue weighted by molar-refractivity contribution is -0.116. The van der Waals surface area contributed by atoms with Gasteiger partial charge in [0.2, 0.25) is 0 Å². The van der Waals surface area contributed by atoms with Crippen molar-refractivity contribution in [2.75, 3.05) is 25.6 Å². The first-order chi connectivity index (χ1) is 24.9. The Morgan fingerprint density at radius 1 is 0.627 bits per heavy atom. The zero-order valence-electron chi connectivity index (χ0n) is 29.6. The van der Waals surface area contributed by atoms with Crippen LogP contribution in [0.15, 0.2) is 134 Å². The molecule has 0 radical (unpaired) electrons. The Balaban J connectivity index is 1.26. The van der Waals surface area contributed by atoms with Crippen LogP contribution in [0.4, 0.5) is 5.82 Å². The number of nitrogen functional groups attached to an aromatic ring is 1. The number of hydrogen-bond acceptors (Lipinski definition) is 7. The van der Waals surface area contributed by atoms with Gasteiger partial charge in [0, 0.05) is 24.5 Å². The highest BCUT2D eigenvalue weighted by Crippen LogP contribution is 2.52. The fraction of sp³-hybridized carbons (Fsp3) is 0.310. The smallest absolute Gasteiger partial charge is 0.261 e. The van der Waals surface area contributed by atoms with Crippen LogP contribution in [0.5, 0.6) is 0 Å². The molecule has 1 saturated carbocycles. The van der Waals surface area contributed by atoms with E-state index in [2.05, 4.69) is 132 Å². The number of aromatic nitrogens is 4. The Hall–Kier alpha value is -4.67. The first kappa shape index (κ1) is 34.8. The van der Waals surface area contributed by atoms with Gasteiger partial charge in [-0.15, -0.1) is 0 Å². The summed E-state index contributed by atoms with van der Waals surface area (Å²) in [5, 5.41) is 2.36. The summed E-state index contributed by atoms with van der Waals surface area (Å²) in [4.78, 5) is 13.6. The molecule has 2 heterocycles. The van der Waals surface area contributed by atoms with E-state index in [9.17, 15) is 0 Å². The van der Waals surface area contributed by atoms with Crippen LogP contribution in [0, 0.1) is 17.8 Å². The van der Waals surface area contributed by atoms with Gasteiger partial charge in [-0.1, -0.05) is 142 Å². The van der Waals surface area contributed by atoms with Crippen molar-refractivity contribution in [1.29, 1.82) is 0 Å². The zero-order valence-corrected chi connectivity index (χ0v) is 30.6. The predicted molar refractivity (Wildman–Crippen MR) is 205 cm³/mol. The average Bonchev–Trinajstić information content (AvgIpc) is 3.58. The second-order valence-corrected chi connectivity index (χ2v) is 18.8. The summed E-state index contributed by atoms with van der Waals surface area (Å²) in [5.74, 6) is 0.731. The Morgan fingerprint density at radius 3 is 1.65 bits per heavy atom. The van der Waals surface area contributed by atoms with Crippen LogP contribution in [-0.2, 0) is 27.1 Å². The molecule has 8 nitrogen and oxygen atoms in total. The zero-order chi connectivity index (χ0) is 35.3. The van der Waals surface area contributed by atoms with Crippen LogP contribution in [0.25, 0.3) is 11.2 Å². The maximum Gasteiger partial charge on any atom is 0.261 e. The molecule has 1 aliphatic carbocycles. The summed E-state index contributed by atoms with van der Waals surface area (Å²) in [6, 6.07) is 42.3. The van der Waals surface area contributed by atoms with Crippen molar-refractivity contribution in [3.05, 3.63) is 145 Å². The molecule has 51 heavy (non-hydrogen) atoms. The highest BCUT2D eigenvalue weighted by atomic mass is 28.4. The number of hydrogen-bond donors (Lipinski definition) is 1. The highest BCUT2D eigenvalue weighted by Gasteiger charge is 2.55. The third kappa shape index (κ3) is 7.12. The molecular weight excluding hydrogens is 651 g/mol. The Morgan fingerprint density at radius 2 is 1.12 bits per heavy atom. The van der Waals surface area contributed by atoms with Crippen LogP contribution in [0.1, 0.15) is 37.9 Å². The van der Waals surface area contributed by atoms with E-state index in [1.165, 1.54) is 16.7 Å². The molecule has 262 valence electrons. The molecule has 4 atom stereocenters. The predicted octanol–water partition coefficient (Wildman–Crippen LogP) is 6.82. The van der Waals surface area contributed by atoms with E-state index in [-0.39, 0.29) is 28.8 Å². The first-order valence-corrected chi connectivity index (χ1v) is 19.7. The SMILES string of the molecule is CC(C)(C)[Si](OC[C@H]1[C@H](COCc2ccccc2)[C@@H](COCc2ccccc2)[C@@H]1n1cnc2c(N)ncnc21)(c1ccccc1)c1ccccc1. The van der Waals surface area contributed by atoms with Gasteiger partial charge in [0.25, 0.3) is 8.32 Å². The normalized spacial score (nSPS) is 19.2.